The SMILES string of the molecule is CC(C)OCc1cccc(CNc2cc(C#N)nc3ccccc23)c1. The molecule has 0 aliphatic carbocycles. The molecule has 1 aromatic heterocycles. The quantitative estimate of drug-likeness (QED) is 0.714. The minimum atomic E-state index is 0.217. The van der Waals surface area contributed by atoms with E-state index in [1.807, 2.05) is 44.2 Å². The maximum absolute atomic E-state index is 9.19. The average molecular weight is 331 g/mol. The van der Waals surface area contributed by atoms with E-state index >= 15 is 0 Å². The number of aromatic nitrogens is 1. The van der Waals surface area contributed by atoms with E-state index in [0.29, 0.717) is 18.8 Å². The first-order valence-electron chi connectivity index (χ1n) is 8.39. The molecule has 0 radical (unpaired) electrons. The second-order valence-electron chi connectivity index (χ2n) is 6.22. The Hall–Kier alpha value is -2.90. The van der Waals surface area contributed by atoms with E-state index in [2.05, 4.69) is 34.6 Å². The van der Waals surface area contributed by atoms with Crippen molar-refractivity contribution in [3.63, 3.8) is 0 Å². The van der Waals surface area contributed by atoms with E-state index in [4.69, 9.17) is 4.74 Å². The van der Waals surface area contributed by atoms with Crippen molar-refractivity contribution in [2.24, 2.45) is 0 Å². The number of nitrogens with one attached hydrogen (secondary N) is 1. The molecule has 0 fully saturated rings. The summed E-state index contributed by atoms with van der Waals surface area (Å²) in [5, 5.41) is 13.6. The summed E-state index contributed by atoms with van der Waals surface area (Å²) in [6.45, 7) is 5.36. The Morgan fingerprint density at radius 2 is 1.88 bits per heavy atom. The van der Waals surface area contributed by atoms with Gasteiger partial charge in [0.15, 0.2) is 0 Å². The van der Waals surface area contributed by atoms with E-state index in [9.17, 15) is 5.26 Å². The second-order valence-corrected chi connectivity index (χ2v) is 6.22. The van der Waals surface area contributed by atoms with Crippen LogP contribution in [-0.4, -0.2) is 11.1 Å². The monoisotopic (exact) mass is 331 g/mol. The molecule has 0 atom stereocenters. The van der Waals surface area contributed by atoms with Crippen molar-refractivity contribution in [3.05, 3.63) is 71.4 Å². The summed E-state index contributed by atoms with van der Waals surface area (Å²) in [6, 6.07) is 20.1. The van der Waals surface area contributed by atoms with Crippen LogP contribution >= 0.6 is 0 Å². The first-order valence-corrected chi connectivity index (χ1v) is 8.39. The zero-order valence-corrected chi connectivity index (χ0v) is 14.5. The minimum Gasteiger partial charge on any atom is -0.380 e. The van der Waals surface area contributed by atoms with Gasteiger partial charge in [0, 0.05) is 17.6 Å². The Balaban J connectivity index is 1.79. The van der Waals surface area contributed by atoms with Crippen LogP contribution in [0.25, 0.3) is 10.9 Å². The molecule has 0 saturated carbocycles. The van der Waals surface area contributed by atoms with E-state index < -0.39 is 0 Å². The summed E-state index contributed by atoms with van der Waals surface area (Å²) in [5.41, 5.74) is 4.49. The lowest BCUT2D eigenvalue weighted by Gasteiger charge is -2.12. The molecular weight excluding hydrogens is 310 g/mol. The number of pyridine rings is 1. The van der Waals surface area contributed by atoms with Gasteiger partial charge in [-0.3, -0.25) is 0 Å². The Bertz CT molecular complexity index is 912. The van der Waals surface area contributed by atoms with Gasteiger partial charge in [-0.15, -0.1) is 0 Å². The number of benzene rings is 2. The lowest BCUT2D eigenvalue weighted by Crippen LogP contribution is -2.04. The number of ether oxygens (including phenoxy) is 1. The fourth-order valence-corrected chi connectivity index (χ4v) is 2.67. The smallest absolute Gasteiger partial charge is 0.143 e. The molecule has 126 valence electrons. The van der Waals surface area contributed by atoms with Gasteiger partial charge >= 0.3 is 0 Å². The molecule has 1 N–H and O–H groups in total. The number of nitrogens with zero attached hydrogens (tertiary/aromatic N) is 2. The second kappa shape index (κ2) is 7.78. The Labute approximate surface area is 148 Å². The predicted octanol–water partition coefficient (Wildman–Crippen LogP) is 4.64. The molecule has 3 rings (SSSR count). The van der Waals surface area contributed by atoms with Gasteiger partial charge in [0.1, 0.15) is 11.8 Å². The molecule has 4 nitrogen and oxygen atoms in total. The lowest BCUT2D eigenvalue weighted by atomic mass is 10.1. The topological polar surface area (TPSA) is 57.9 Å². The third-order valence-corrected chi connectivity index (χ3v) is 3.89. The van der Waals surface area contributed by atoms with E-state index in [1.165, 1.54) is 5.56 Å². The summed E-state index contributed by atoms with van der Waals surface area (Å²) in [7, 11) is 0. The molecule has 25 heavy (non-hydrogen) atoms. The maximum atomic E-state index is 9.19. The van der Waals surface area contributed by atoms with Gasteiger partial charge in [-0.25, -0.2) is 4.98 Å². The van der Waals surface area contributed by atoms with Crippen molar-refractivity contribution in [1.29, 1.82) is 5.26 Å². The van der Waals surface area contributed by atoms with E-state index in [0.717, 1.165) is 22.2 Å². The summed E-state index contributed by atoms with van der Waals surface area (Å²) in [5.74, 6) is 0. The van der Waals surface area contributed by atoms with Crippen LogP contribution in [0.2, 0.25) is 0 Å². The molecule has 0 amide bonds. The molecule has 0 aliphatic heterocycles. The molecule has 0 spiro atoms. The van der Waals surface area contributed by atoms with Gasteiger partial charge in [-0.1, -0.05) is 42.5 Å². The molecule has 1 heterocycles. The van der Waals surface area contributed by atoms with Gasteiger partial charge in [-0.05, 0) is 37.1 Å². The zero-order valence-electron chi connectivity index (χ0n) is 14.5. The molecule has 0 unspecified atom stereocenters. The van der Waals surface area contributed by atoms with Crippen LogP contribution in [-0.2, 0) is 17.9 Å². The molecule has 0 bridgehead atoms. The van der Waals surface area contributed by atoms with Crippen molar-refractivity contribution in [2.45, 2.75) is 33.1 Å². The van der Waals surface area contributed by atoms with Crippen LogP contribution in [0.5, 0.6) is 0 Å². The van der Waals surface area contributed by atoms with Crippen molar-refractivity contribution in [3.8, 4) is 6.07 Å². The van der Waals surface area contributed by atoms with Crippen LogP contribution in [0.3, 0.4) is 0 Å². The summed E-state index contributed by atoms with van der Waals surface area (Å²) >= 11 is 0. The summed E-state index contributed by atoms with van der Waals surface area (Å²) in [4.78, 5) is 4.35. The summed E-state index contributed by atoms with van der Waals surface area (Å²) in [6.07, 6.45) is 0.217. The molecule has 4 heteroatoms. The first-order chi connectivity index (χ1) is 12.2. The Kier molecular flexibility index (Phi) is 5.27. The predicted molar refractivity (Wildman–Crippen MR) is 100 cm³/mol. The molecule has 0 saturated heterocycles. The van der Waals surface area contributed by atoms with Gasteiger partial charge in [0.2, 0.25) is 0 Å². The fraction of sp³-hybridized carbons (Fsp3) is 0.238. The standard InChI is InChI=1S/C21H21N3O/c1-15(2)25-14-17-7-5-6-16(10-17)13-23-21-11-18(12-22)24-20-9-4-3-8-19(20)21/h3-11,15H,13-14H2,1-2H3,(H,23,24). The number of anilines is 1. The van der Waals surface area contributed by atoms with Crippen LogP contribution in [0.15, 0.2) is 54.6 Å². The van der Waals surface area contributed by atoms with Crippen molar-refractivity contribution in [1.82, 2.24) is 4.98 Å². The van der Waals surface area contributed by atoms with Crippen molar-refractivity contribution < 1.29 is 4.74 Å². The molecule has 0 aliphatic rings. The highest BCUT2D eigenvalue weighted by molar-refractivity contribution is 5.91. The van der Waals surface area contributed by atoms with Crippen molar-refractivity contribution in [2.75, 3.05) is 5.32 Å². The number of nitriles is 1. The number of rotatable bonds is 6. The maximum Gasteiger partial charge on any atom is 0.143 e. The number of hydrogen-bond acceptors (Lipinski definition) is 4. The average Bonchev–Trinajstić information content (AvgIpc) is 2.64. The highest BCUT2D eigenvalue weighted by atomic mass is 16.5. The lowest BCUT2D eigenvalue weighted by molar-refractivity contribution is 0.0657. The van der Waals surface area contributed by atoms with Gasteiger partial charge in [-0.2, -0.15) is 5.26 Å². The van der Waals surface area contributed by atoms with Gasteiger partial charge in [0.05, 0.1) is 18.2 Å². The normalized spacial score (nSPS) is 10.8. The minimum absolute atomic E-state index is 0.217. The fourth-order valence-electron chi connectivity index (χ4n) is 2.67. The van der Waals surface area contributed by atoms with Crippen LogP contribution in [0, 0.1) is 11.3 Å². The van der Waals surface area contributed by atoms with Gasteiger partial charge < -0.3 is 10.1 Å². The van der Waals surface area contributed by atoms with E-state index in [1.54, 1.807) is 6.07 Å². The number of fused-ring (bicyclic) bond motifs is 1. The summed E-state index contributed by atoms with van der Waals surface area (Å²) < 4.78 is 5.67. The van der Waals surface area contributed by atoms with E-state index in [-0.39, 0.29) is 6.10 Å². The zero-order chi connectivity index (χ0) is 17.6. The third-order valence-electron chi connectivity index (χ3n) is 3.89. The number of hydrogen-bond donors (Lipinski definition) is 1. The Morgan fingerprint density at radius 1 is 1.08 bits per heavy atom. The molecule has 2 aromatic carbocycles. The number of para-hydroxylation sites is 1. The van der Waals surface area contributed by atoms with Gasteiger partial charge in [0.25, 0.3) is 0 Å². The highest BCUT2D eigenvalue weighted by Crippen LogP contribution is 2.23. The van der Waals surface area contributed by atoms with Crippen LogP contribution < -0.4 is 5.32 Å². The first kappa shape index (κ1) is 16.9. The van der Waals surface area contributed by atoms with Crippen LogP contribution in [0.1, 0.15) is 30.7 Å². The molecule has 3 aromatic rings. The van der Waals surface area contributed by atoms with Crippen LogP contribution in [0.4, 0.5) is 5.69 Å². The highest BCUT2D eigenvalue weighted by Gasteiger charge is 2.06. The molecular formula is C21H21N3O. The Morgan fingerprint density at radius 3 is 2.68 bits per heavy atom. The third kappa shape index (κ3) is 4.34. The van der Waals surface area contributed by atoms with Crippen molar-refractivity contribution >= 4 is 16.6 Å². The largest absolute Gasteiger partial charge is 0.380 e.